The monoisotopic (exact) mass is 298 g/mol. The molecule has 2 aromatic carbocycles. The van der Waals surface area contributed by atoms with Crippen molar-refractivity contribution in [3.8, 4) is 6.07 Å². The molecule has 2 aromatic rings. The first kappa shape index (κ1) is 15.1. The van der Waals surface area contributed by atoms with E-state index >= 15 is 0 Å². The van der Waals surface area contributed by atoms with Gasteiger partial charge in [0.25, 0.3) is 5.91 Å². The van der Waals surface area contributed by atoms with Gasteiger partial charge in [-0.1, -0.05) is 23.7 Å². The summed E-state index contributed by atoms with van der Waals surface area (Å²) in [6.45, 7) is 2.32. The van der Waals surface area contributed by atoms with E-state index < -0.39 is 0 Å². The fourth-order valence-electron chi connectivity index (χ4n) is 2.08. The van der Waals surface area contributed by atoms with Gasteiger partial charge in [0, 0.05) is 24.2 Å². The fraction of sp³-hybridized carbons (Fsp3) is 0.176. The molecule has 3 nitrogen and oxygen atoms in total. The zero-order valence-electron chi connectivity index (χ0n) is 11.9. The minimum Gasteiger partial charge on any atom is -0.337 e. The molecule has 0 N–H and O–H groups in total. The van der Waals surface area contributed by atoms with Gasteiger partial charge in [0.1, 0.15) is 0 Å². The summed E-state index contributed by atoms with van der Waals surface area (Å²) in [6.07, 6.45) is 0. The third-order valence-electron chi connectivity index (χ3n) is 3.23. The maximum absolute atomic E-state index is 12.4. The van der Waals surface area contributed by atoms with Crippen molar-refractivity contribution in [2.24, 2.45) is 0 Å². The number of nitriles is 1. The van der Waals surface area contributed by atoms with Gasteiger partial charge in [-0.25, -0.2) is 0 Å². The van der Waals surface area contributed by atoms with Gasteiger partial charge in [-0.05, 0) is 48.4 Å². The van der Waals surface area contributed by atoms with E-state index in [4.69, 9.17) is 16.9 Å². The number of nitrogens with zero attached hydrogens (tertiary/aromatic N) is 2. The summed E-state index contributed by atoms with van der Waals surface area (Å²) in [5.74, 6) is -0.0721. The number of aryl methyl sites for hydroxylation is 1. The van der Waals surface area contributed by atoms with E-state index in [1.165, 1.54) is 0 Å². The molecular formula is C17H15ClN2O. The maximum atomic E-state index is 12.4. The Morgan fingerprint density at radius 2 is 2.05 bits per heavy atom. The molecule has 2 rings (SSSR count). The molecule has 0 saturated carbocycles. The van der Waals surface area contributed by atoms with Gasteiger partial charge in [-0.2, -0.15) is 5.26 Å². The van der Waals surface area contributed by atoms with E-state index in [0.29, 0.717) is 22.7 Å². The Balaban J connectivity index is 2.15. The molecular weight excluding hydrogens is 284 g/mol. The molecule has 0 aliphatic heterocycles. The van der Waals surface area contributed by atoms with Crippen molar-refractivity contribution in [1.82, 2.24) is 4.90 Å². The summed E-state index contributed by atoms with van der Waals surface area (Å²) in [5.41, 5.74) is 3.00. The zero-order valence-corrected chi connectivity index (χ0v) is 12.7. The molecule has 0 radical (unpaired) electrons. The lowest BCUT2D eigenvalue weighted by Crippen LogP contribution is -2.26. The van der Waals surface area contributed by atoms with Gasteiger partial charge in [-0.3, -0.25) is 4.79 Å². The standard InChI is InChI=1S/C17H15ClN2O/c1-12-8-15(6-7-16(12)18)17(21)20(2)11-14-5-3-4-13(9-14)10-19/h3-9H,11H2,1-2H3. The number of amides is 1. The van der Waals surface area contributed by atoms with Gasteiger partial charge in [0.15, 0.2) is 0 Å². The zero-order chi connectivity index (χ0) is 15.4. The van der Waals surface area contributed by atoms with Crippen molar-refractivity contribution in [3.05, 3.63) is 69.7 Å². The van der Waals surface area contributed by atoms with Gasteiger partial charge < -0.3 is 4.90 Å². The van der Waals surface area contributed by atoms with E-state index in [1.54, 1.807) is 42.3 Å². The number of rotatable bonds is 3. The third kappa shape index (κ3) is 3.62. The fourth-order valence-corrected chi connectivity index (χ4v) is 2.20. The van der Waals surface area contributed by atoms with E-state index in [1.807, 2.05) is 19.1 Å². The van der Waals surface area contributed by atoms with Gasteiger partial charge >= 0.3 is 0 Å². The molecule has 21 heavy (non-hydrogen) atoms. The smallest absolute Gasteiger partial charge is 0.253 e. The van der Waals surface area contributed by atoms with Crippen LogP contribution in [0.5, 0.6) is 0 Å². The first-order valence-corrected chi connectivity index (χ1v) is 6.89. The van der Waals surface area contributed by atoms with Crippen molar-refractivity contribution in [3.63, 3.8) is 0 Å². The molecule has 0 aliphatic rings. The van der Waals surface area contributed by atoms with Crippen LogP contribution in [0.25, 0.3) is 0 Å². The number of benzene rings is 2. The average molecular weight is 299 g/mol. The normalized spacial score (nSPS) is 10.0. The highest BCUT2D eigenvalue weighted by Gasteiger charge is 2.13. The number of carbonyl (C=O) groups is 1. The van der Waals surface area contributed by atoms with Crippen LogP contribution in [-0.4, -0.2) is 17.9 Å². The highest BCUT2D eigenvalue weighted by atomic mass is 35.5. The third-order valence-corrected chi connectivity index (χ3v) is 3.65. The molecule has 0 aliphatic carbocycles. The van der Waals surface area contributed by atoms with Crippen LogP contribution in [0.4, 0.5) is 0 Å². The molecule has 106 valence electrons. The first-order valence-electron chi connectivity index (χ1n) is 6.52. The Morgan fingerprint density at radius 1 is 1.29 bits per heavy atom. The Hall–Kier alpha value is -2.31. The quantitative estimate of drug-likeness (QED) is 0.865. The summed E-state index contributed by atoms with van der Waals surface area (Å²) in [5, 5.41) is 9.55. The van der Waals surface area contributed by atoms with E-state index in [0.717, 1.165) is 11.1 Å². The summed E-state index contributed by atoms with van der Waals surface area (Å²) in [4.78, 5) is 14.0. The highest BCUT2D eigenvalue weighted by molar-refractivity contribution is 6.31. The minimum atomic E-state index is -0.0721. The molecule has 0 saturated heterocycles. The van der Waals surface area contributed by atoms with Crippen LogP contribution in [-0.2, 0) is 6.54 Å². The summed E-state index contributed by atoms with van der Waals surface area (Å²) in [7, 11) is 1.74. The van der Waals surface area contributed by atoms with Crippen LogP contribution in [0.3, 0.4) is 0 Å². The van der Waals surface area contributed by atoms with Crippen LogP contribution < -0.4 is 0 Å². The van der Waals surface area contributed by atoms with Crippen molar-refractivity contribution in [2.45, 2.75) is 13.5 Å². The van der Waals surface area contributed by atoms with Crippen molar-refractivity contribution < 1.29 is 4.79 Å². The SMILES string of the molecule is Cc1cc(C(=O)N(C)Cc2cccc(C#N)c2)ccc1Cl. The second kappa shape index (κ2) is 6.43. The van der Waals surface area contributed by atoms with Gasteiger partial charge in [-0.15, -0.1) is 0 Å². The lowest BCUT2D eigenvalue weighted by atomic mass is 10.1. The summed E-state index contributed by atoms with van der Waals surface area (Å²) in [6, 6.07) is 14.6. The number of hydrogen-bond acceptors (Lipinski definition) is 2. The molecule has 0 aromatic heterocycles. The van der Waals surface area contributed by atoms with Crippen molar-refractivity contribution in [1.29, 1.82) is 5.26 Å². The van der Waals surface area contributed by atoms with E-state index in [9.17, 15) is 4.79 Å². The molecule has 1 amide bonds. The lowest BCUT2D eigenvalue weighted by Gasteiger charge is -2.18. The molecule has 0 heterocycles. The number of hydrogen-bond donors (Lipinski definition) is 0. The minimum absolute atomic E-state index is 0.0721. The predicted molar refractivity (Wildman–Crippen MR) is 83.1 cm³/mol. The number of carbonyl (C=O) groups excluding carboxylic acids is 1. The Labute approximate surface area is 129 Å². The predicted octanol–water partition coefficient (Wildman–Crippen LogP) is 3.79. The van der Waals surface area contributed by atoms with Crippen LogP contribution in [0.2, 0.25) is 5.02 Å². The highest BCUT2D eigenvalue weighted by Crippen LogP contribution is 2.18. The van der Waals surface area contributed by atoms with Crippen molar-refractivity contribution >= 4 is 17.5 Å². The number of halogens is 1. The average Bonchev–Trinajstić information content (AvgIpc) is 2.49. The van der Waals surface area contributed by atoms with E-state index in [2.05, 4.69) is 6.07 Å². The second-order valence-electron chi connectivity index (χ2n) is 4.94. The largest absolute Gasteiger partial charge is 0.337 e. The first-order chi connectivity index (χ1) is 10.0. The molecule has 0 unspecified atom stereocenters. The topological polar surface area (TPSA) is 44.1 Å². The van der Waals surface area contributed by atoms with Crippen molar-refractivity contribution in [2.75, 3.05) is 7.05 Å². The summed E-state index contributed by atoms with van der Waals surface area (Å²) < 4.78 is 0. The van der Waals surface area contributed by atoms with Gasteiger partial charge in [0.05, 0.1) is 11.6 Å². The van der Waals surface area contributed by atoms with Gasteiger partial charge in [0.2, 0.25) is 0 Å². The van der Waals surface area contributed by atoms with Crippen LogP contribution in [0.15, 0.2) is 42.5 Å². The Kier molecular flexibility index (Phi) is 4.62. The molecule has 0 spiro atoms. The van der Waals surface area contributed by atoms with Crippen LogP contribution in [0.1, 0.15) is 27.0 Å². The Morgan fingerprint density at radius 3 is 2.71 bits per heavy atom. The molecule has 0 atom stereocenters. The van der Waals surface area contributed by atoms with Crippen LogP contribution >= 0.6 is 11.6 Å². The molecule has 0 fully saturated rings. The Bertz CT molecular complexity index is 719. The maximum Gasteiger partial charge on any atom is 0.253 e. The molecule has 4 heteroatoms. The summed E-state index contributed by atoms with van der Waals surface area (Å²) >= 11 is 5.97. The molecule has 0 bridgehead atoms. The van der Waals surface area contributed by atoms with E-state index in [-0.39, 0.29) is 5.91 Å². The van der Waals surface area contributed by atoms with Crippen LogP contribution in [0, 0.1) is 18.3 Å². The lowest BCUT2D eigenvalue weighted by molar-refractivity contribution is 0.0785. The second-order valence-corrected chi connectivity index (χ2v) is 5.34.